The Balaban J connectivity index is 1.56. The van der Waals surface area contributed by atoms with E-state index in [4.69, 9.17) is 5.26 Å². The minimum atomic E-state index is -0.226. The average Bonchev–Trinajstić information content (AvgIpc) is 2.60. The summed E-state index contributed by atoms with van der Waals surface area (Å²) in [6.45, 7) is 7.49. The molecule has 0 amide bonds. The summed E-state index contributed by atoms with van der Waals surface area (Å²) in [5.74, 6) is -0.226. The summed E-state index contributed by atoms with van der Waals surface area (Å²) in [4.78, 5) is 4.70. The lowest BCUT2D eigenvalue weighted by molar-refractivity contribution is 0.121. The normalized spacial score (nSPS) is 16.0. The van der Waals surface area contributed by atoms with Crippen LogP contribution in [0.25, 0.3) is 0 Å². The molecule has 0 radical (unpaired) electrons. The summed E-state index contributed by atoms with van der Waals surface area (Å²) in [5.41, 5.74) is 3.83. The summed E-state index contributed by atoms with van der Waals surface area (Å²) >= 11 is 0. The molecular weight excluding hydrogens is 301 g/mol. The van der Waals surface area contributed by atoms with Crippen molar-refractivity contribution < 1.29 is 4.39 Å². The molecule has 1 aliphatic heterocycles. The van der Waals surface area contributed by atoms with E-state index in [-0.39, 0.29) is 5.82 Å². The maximum absolute atomic E-state index is 13.9. The molecule has 0 atom stereocenters. The molecule has 4 heteroatoms. The van der Waals surface area contributed by atoms with Crippen molar-refractivity contribution >= 4 is 0 Å². The van der Waals surface area contributed by atoms with Crippen LogP contribution in [0, 0.1) is 24.1 Å². The van der Waals surface area contributed by atoms with Crippen molar-refractivity contribution in [3.63, 3.8) is 0 Å². The summed E-state index contributed by atoms with van der Waals surface area (Å²) in [6, 6.07) is 15.1. The molecule has 3 nitrogen and oxygen atoms in total. The van der Waals surface area contributed by atoms with Crippen LogP contribution in [0.2, 0.25) is 0 Å². The molecule has 1 fully saturated rings. The number of hydrogen-bond acceptors (Lipinski definition) is 3. The zero-order chi connectivity index (χ0) is 16.9. The van der Waals surface area contributed by atoms with Crippen LogP contribution >= 0.6 is 0 Å². The van der Waals surface area contributed by atoms with Crippen LogP contribution in [0.4, 0.5) is 4.39 Å². The van der Waals surface area contributed by atoms with Crippen molar-refractivity contribution in [2.45, 2.75) is 20.0 Å². The minimum absolute atomic E-state index is 0.226. The zero-order valence-corrected chi connectivity index (χ0v) is 14.0. The Labute approximate surface area is 142 Å². The fourth-order valence-corrected chi connectivity index (χ4v) is 3.14. The van der Waals surface area contributed by atoms with E-state index in [1.165, 1.54) is 23.3 Å². The Hall–Kier alpha value is -2.22. The number of rotatable bonds is 4. The number of nitrogens with zero attached hydrogens (tertiary/aromatic N) is 3. The van der Waals surface area contributed by atoms with Gasteiger partial charge in [0.25, 0.3) is 0 Å². The largest absolute Gasteiger partial charge is 0.297 e. The first kappa shape index (κ1) is 16.6. The smallest absolute Gasteiger partial charge is 0.127 e. The van der Waals surface area contributed by atoms with Crippen LogP contribution in [0.5, 0.6) is 0 Å². The first-order valence-corrected chi connectivity index (χ1v) is 8.33. The second-order valence-corrected chi connectivity index (χ2v) is 6.40. The predicted molar refractivity (Wildman–Crippen MR) is 92.8 cm³/mol. The van der Waals surface area contributed by atoms with Crippen LogP contribution in [0.1, 0.15) is 22.3 Å². The highest BCUT2D eigenvalue weighted by Gasteiger charge is 2.18. The molecule has 1 heterocycles. The minimum Gasteiger partial charge on any atom is -0.297 e. The van der Waals surface area contributed by atoms with E-state index in [2.05, 4.69) is 47.1 Å². The Morgan fingerprint density at radius 1 is 0.958 bits per heavy atom. The quantitative estimate of drug-likeness (QED) is 0.864. The van der Waals surface area contributed by atoms with Crippen LogP contribution in [0.3, 0.4) is 0 Å². The highest BCUT2D eigenvalue weighted by atomic mass is 19.1. The molecule has 124 valence electrons. The third kappa shape index (κ3) is 4.00. The zero-order valence-electron chi connectivity index (χ0n) is 14.0. The topological polar surface area (TPSA) is 30.3 Å². The molecular formula is C20H22FN3. The second kappa shape index (κ2) is 7.57. The van der Waals surface area contributed by atoms with Crippen LogP contribution in [-0.4, -0.2) is 36.0 Å². The van der Waals surface area contributed by atoms with Crippen molar-refractivity contribution in [1.82, 2.24) is 9.80 Å². The second-order valence-electron chi connectivity index (χ2n) is 6.40. The molecule has 0 aromatic heterocycles. The van der Waals surface area contributed by atoms with Gasteiger partial charge in [0, 0.05) is 44.8 Å². The SMILES string of the molecule is Cc1ccccc1CN1CCN(Cc2cc(C#N)ccc2F)CC1. The standard InChI is InChI=1S/C20H22FN3/c1-16-4-2-3-5-18(16)14-23-8-10-24(11-9-23)15-19-12-17(13-22)6-7-20(19)21/h2-7,12H,8-11,14-15H2,1H3. The summed E-state index contributed by atoms with van der Waals surface area (Å²) in [5, 5.41) is 8.96. The molecule has 0 aliphatic carbocycles. The molecule has 2 aromatic carbocycles. The van der Waals surface area contributed by atoms with Gasteiger partial charge >= 0.3 is 0 Å². The molecule has 0 spiro atoms. The van der Waals surface area contributed by atoms with E-state index in [0.717, 1.165) is 32.7 Å². The molecule has 0 N–H and O–H groups in total. The predicted octanol–water partition coefficient (Wildman–Crippen LogP) is 3.32. The van der Waals surface area contributed by atoms with Gasteiger partial charge in [-0.2, -0.15) is 5.26 Å². The van der Waals surface area contributed by atoms with Crippen molar-refractivity contribution in [2.75, 3.05) is 26.2 Å². The summed E-state index contributed by atoms with van der Waals surface area (Å²) in [7, 11) is 0. The maximum atomic E-state index is 13.9. The molecule has 1 aliphatic rings. The molecule has 0 saturated carbocycles. The number of piperazine rings is 1. The van der Waals surface area contributed by atoms with Gasteiger partial charge in [0.1, 0.15) is 5.82 Å². The Morgan fingerprint density at radius 2 is 1.58 bits per heavy atom. The molecule has 24 heavy (non-hydrogen) atoms. The number of hydrogen-bond donors (Lipinski definition) is 0. The monoisotopic (exact) mass is 323 g/mol. The third-order valence-corrected chi connectivity index (χ3v) is 4.69. The van der Waals surface area contributed by atoms with E-state index in [0.29, 0.717) is 17.7 Å². The van der Waals surface area contributed by atoms with Gasteiger partial charge in [0.05, 0.1) is 11.6 Å². The highest BCUT2D eigenvalue weighted by molar-refractivity contribution is 5.33. The van der Waals surface area contributed by atoms with Crippen LogP contribution in [0.15, 0.2) is 42.5 Å². The molecule has 0 bridgehead atoms. The molecule has 0 unspecified atom stereocenters. The van der Waals surface area contributed by atoms with Gasteiger partial charge in [0.15, 0.2) is 0 Å². The van der Waals surface area contributed by atoms with E-state index in [1.807, 2.05) is 0 Å². The fraction of sp³-hybridized carbons (Fsp3) is 0.350. The Kier molecular flexibility index (Phi) is 5.24. The molecule has 1 saturated heterocycles. The maximum Gasteiger partial charge on any atom is 0.127 e. The van der Waals surface area contributed by atoms with Crippen LogP contribution < -0.4 is 0 Å². The summed E-state index contributed by atoms with van der Waals surface area (Å²) < 4.78 is 13.9. The molecule has 3 rings (SSSR count). The van der Waals surface area contributed by atoms with Crippen molar-refractivity contribution in [2.24, 2.45) is 0 Å². The summed E-state index contributed by atoms with van der Waals surface area (Å²) in [6.07, 6.45) is 0. The van der Waals surface area contributed by atoms with E-state index >= 15 is 0 Å². The highest BCUT2D eigenvalue weighted by Crippen LogP contribution is 2.16. The van der Waals surface area contributed by atoms with Gasteiger partial charge in [-0.05, 0) is 36.2 Å². The van der Waals surface area contributed by atoms with Gasteiger partial charge in [-0.3, -0.25) is 9.80 Å². The first-order valence-electron chi connectivity index (χ1n) is 8.33. The van der Waals surface area contributed by atoms with Gasteiger partial charge < -0.3 is 0 Å². The molecule has 2 aromatic rings. The average molecular weight is 323 g/mol. The van der Waals surface area contributed by atoms with Crippen molar-refractivity contribution in [3.8, 4) is 6.07 Å². The fourth-order valence-electron chi connectivity index (χ4n) is 3.14. The van der Waals surface area contributed by atoms with Crippen molar-refractivity contribution in [1.29, 1.82) is 5.26 Å². The van der Waals surface area contributed by atoms with Gasteiger partial charge in [-0.25, -0.2) is 4.39 Å². The van der Waals surface area contributed by atoms with Crippen LogP contribution in [-0.2, 0) is 13.1 Å². The van der Waals surface area contributed by atoms with Gasteiger partial charge in [-0.1, -0.05) is 24.3 Å². The first-order chi connectivity index (χ1) is 11.7. The van der Waals surface area contributed by atoms with E-state index in [9.17, 15) is 4.39 Å². The van der Waals surface area contributed by atoms with Gasteiger partial charge in [-0.15, -0.1) is 0 Å². The van der Waals surface area contributed by atoms with E-state index < -0.39 is 0 Å². The Morgan fingerprint density at radius 3 is 2.21 bits per heavy atom. The third-order valence-electron chi connectivity index (χ3n) is 4.69. The number of nitriles is 1. The Bertz CT molecular complexity index is 743. The van der Waals surface area contributed by atoms with Gasteiger partial charge in [0.2, 0.25) is 0 Å². The number of benzene rings is 2. The van der Waals surface area contributed by atoms with E-state index in [1.54, 1.807) is 6.07 Å². The lowest BCUT2D eigenvalue weighted by Crippen LogP contribution is -2.45. The lowest BCUT2D eigenvalue weighted by atomic mass is 10.1. The lowest BCUT2D eigenvalue weighted by Gasteiger charge is -2.35. The number of halogens is 1. The van der Waals surface area contributed by atoms with Crippen molar-refractivity contribution in [3.05, 3.63) is 70.5 Å². The number of aryl methyl sites for hydroxylation is 1.